The highest BCUT2D eigenvalue weighted by Crippen LogP contribution is 2.32. The van der Waals surface area contributed by atoms with Crippen LogP contribution in [0.1, 0.15) is 33.1 Å². The van der Waals surface area contributed by atoms with Crippen molar-refractivity contribution in [2.24, 2.45) is 11.7 Å². The van der Waals surface area contributed by atoms with Crippen molar-refractivity contribution in [1.82, 2.24) is 0 Å². The Morgan fingerprint density at radius 2 is 2.25 bits per heavy atom. The topological polar surface area (TPSA) is 26.0 Å². The maximum absolute atomic E-state index is 5.92. The molecule has 0 heterocycles. The highest BCUT2D eigenvalue weighted by molar-refractivity contribution is 4.89. The van der Waals surface area contributed by atoms with E-state index in [1.807, 2.05) is 0 Å². The maximum atomic E-state index is 5.92. The van der Waals surface area contributed by atoms with Crippen molar-refractivity contribution in [3.8, 4) is 0 Å². The molecule has 1 aliphatic rings. The first-order valence-corrected chi connectivity index (χ1v) is 3.42. The predicted octanol–water partition coefficient (Wildman–Crippen LogP) is 1.52. The molecule has 0 aromatic carbocycles. The van der Waals surface area contributed by atoms with E-state index in [0.29, 0.717) is 0 Å². The van der Waals surface area contributed by atoms with E-state index in [-0.39, 0.29) is 5.54 Å². The summed E-state index contributed by atoms with van der Waals surface area (Å²) < 4.78 is 0. The molecule has 8 heavy (non-hydrogen) atoms. The molecule has 0 radical (unpaired) electrons. The summed E-state index contributed by atoms with van der Waals surface area (Å²) in [4.78, 5) is 0. The van der Waals surface area contributed by atoms with Crippen LogP contribution < -0.4 is 5.73 Å². The van der Waals surface area contributed by atoms with Crippen molar-refractivity contribution in [2.75, 3.05) is 0 Å². The molecule has 2 atom stereocenters. The molecular formula is C7H15N. The standard InChI is InChI=1S/C7H15N/c1-6-4-3-5-7(6,2)8/h6H,3-5,8H2,1-2H3/t6-,7+/m1/s1. The second-order valence-electron chi connectivity index (χ2n) is 3.30. The quantitative estimate of drug-likeness (QED) is 0.506. The molecule has 0 aromatic heterocycles. The van der Waals surface area contributed by atoms with Crippen LogP contribution in [0.2, 0.25) is 0 Å². The summed E-state index contributed by atoms with van der Waals surface area (Å²) in [7, 11) is 0. The molecule has 1 aliphatic carbocycles. The Balaban J connectivity index is 2.54. The molecule has 0 saturated heterocycles. The number of hydrogen-bond acceptors (Lipinski definition) is 1. The van der Waals surface area contributed by atoms with Gasteiger partial charge in [0.25, 0.3) is 0 Å². The third-order valence-corrected chi connectivity index (χ3v) is 2.48. The highest BCUT2D eigenvalue weighted by Gasteiger charge is 2.30. The summed E-state index contributed by atoms with van der Waals surface area (Å²) in [6.07, 6.45) is 3.87. The number of rotatable bonds is 0. The van der Waals surface area contributed by atoms with E-state index in [0.717, 1.165) is 5.92 Å². The van der Waals surface area contributed by atoms with E-state index < -0.39 is 0 Å². The van der Waals surface area contributed by atoms with Crippen LogP contribution in [0, 0.1) is 5.92 Å². The van der Waals surface area contributed by atoms with Crippen LogP contribution in [0.5, 0.6) is 0 Å². The van der Waals surface area contributed by atoms with Gasteiger partial charge in [-0.1, -0.05) is 13.3 Å². The van der Waals surface area contributed by atoms with Gasteiger partial charge in [0, 0.05) is 5.54 Å². The van der Waals surface area contributed by atoms with Crippen molar-refractivity contribution in [1.29, 1.82) is 0 Å². The first-order chi connectivity index (χ1) is 3.63. The summed E-state index contributed by atoms with van der Waals surface area (Å²) in [5, 5.41) is 0. The van der Waals surface area contributed by atoms with Gasteiger partial charge in [-0.15, -0.1) is 0 Å². The van der Waals surface area contributed by atoms with Crippen molar-refractivity contribution < 1.29 is 0 Å². The van der Waals surface area contributed by atoms with Gasteiger partial charge in [0.1, 0.15) is 0 Å². The van der Waals surface area contributed by atoms with E-state index in [4.69, 9.17) is 5.73 Å². The predicted molar refractivity (Wildman–Crippen MR) is 35.6 cm³/mol. The SMILES string of the molecule is C[C@@H]1CCC[C@]1(C)N. The summed E-state index contributed by atoms with van der Waals surface area (Å²) in [5.74, 6) is 0.738. The minimum absolute atomic E-state index is 0.153. The zero-order chi connectivity index (χ0) is 6.20. The molecule has 1 nitrogen and oxygen atoms in total. The molecule has 0 aromatic rings. The van der Waals surface area contributed by atoms with Gasteiger partial charge in [0.15, 0.2) is 0 Å². The van der Waals surface area contributed by atoms with Gasteiger partial charge >= 0.3 is 0 Å². The molecule has 2 N–H and O–H groups in total. The Hall–Kier alpha value is -0.0400. The second-order valence-corrected chi connectivity index (χ2v) is 3.30. The molecule has 48 valence electrons. The first-order valence-electron chi connectivity index (χ1n) is 3.42. The summed E-state index contributed by atoms with van der Waals surface area (Å²) in [6.45, 7) is 4.40. The van der Waals surface area contributed by atoms with Gasteiger partial charge in [-0.05, 0) is 25.7 Å². The number of nitrogens with two attached hydrogens (primary N) is 1. The van der Waals surface area contributed by atoms with Crippen LogP contribution in [0.15, 0.2) is 0 Å². The molecule has 1 heteroatoms. The van der Waals surface area contributed by atoms with Gasteiger partial charge in [-0.3, -0.25) is 0 Å². The van der Waals surface area contributed by atoms with Crippen LogP contribution in [0.3, 0.4) is 0 Å². The Kier molecular flexibility index (Phi) is 1.31. The minimum Gasteiger partial charge on any atom is -0.325 e. The van der Waals surface area contributed by atoms with Crippen LogP contribution in [0.4, 0.5) is 0 Å². The van der Waals surface area contributed by atoms with Crippen LogP contribution >= 0.6 is 0 Å². The van der Waals surface area contributed by atoms with Gasteiger partial charge < -0.3 is 5.73 Å². The number of hydrogen-bond donors (Lipinski definition) is 1. The lowest BCUT2D eigenvalue weighted by Gasteiger charge is -2.22. The second kappa shape index (κ2) is 1.73. The summed E-state index contributed by atoms with van der Waals surface area (Å²) in [6, 6.07) is 0. The van der Waals surface area contributed by atoms with E-state index in [1.165, 1.54) is 19.3 Å². The van der Waals surface area contributed by atoms with Crippen LogP contribution in [-0.2, 0) is 0 Å². The van der Waals surface area contributed by atoms with Crippen molar-refractivity contribution in [2.45, 2.75) is 38.6 Å². The van der Waals surface area contributed by atoms with Crippen molar-refractivity contribution in [3.63, 3.8) is 0 Å². The summed E-state index contributed by atoms with van der Waals surface area (Å²) >= 11 is 0. The average molecular weight is 113 g/mol. The molecule has 0 amide bonds. The average Bonchev–Trinajstić information content (AvgIpc) is 1.86. The summed E-state index contributed by atoms with van der Waals surface area (Å²) in [5.41, 5.74) is 6.07. The monoisotopic (exact) mass is 113 g/mol. The lowest BCUT2D eigenvalue weighted by atomic mass is 9.92. The Morgan fingerprint density at radius 1 is 1.62 bits per heavy atom. The normalized spacial score (nSPS) is 47.6. The molecule has 1 rings (SSSR count). The molecule has 1 fully saturated rings. The maximum Gasteiger partial charge on any atom is 0.0151 e. The Bertz CT molecular complexity index is 86.4. The Labute approximate surface area is 51.3 Å². The smallest absolute Gasteiger partial charge is 0.0151 e. The van der Waals surface area contributed by atoms with E-state index in [2.05, 4.69) is 13.8 Å². The van der Waals surface area contributed by atoms with E-state index in [9.17, 15) is 0 Å². The minimum atomic E-state index is 0.153. The van der Waals surface area contributed by atoms with Crippen molar-refractivity contribution >= 4 is 0 Å². The van der Waals surface area contributed by atoms with Gasteiger partial charge in [-0.2, -0.15) is 0 Å². The Morgan fingerprint density at radius 3 is 2.38 bits per heavy atom. The molecule has 0 aliphatic heterocycles. The van der Waals surface area contributed by atoms with Crippen molar-refractivity contribution in [3.05, 3.63) is 0 Å². The first kappa shape index (κ1) is 6.09. The molecular weight excluding hydrogens is 98.1 g/mol. The fourth-order valence-electron chi connectivity index (χ4n) is 1.37. The van der Waals surface area contributed by atoms with Gasteiger partial charge in [0.05, 0.1) is 0 Å². The zero-order valence-corrected chi connectivity index (χ0v) is 5.78. The van der Waals surface area contributed by atoms with E-state index >= 15 is 0 Å². The lowest BCUT2D eigenvalue weighted by molar-refractivity contribution is 0.373. The molecule has 0 bridgehead atoms. The molecule has 0 spiro atoms. The van der Waals surface area contributed by atoms with Gasteiger partial charge in [-0.25, -0.2) is 0 Å². The third kappa shape index (κ3) is 0.873. The van der Waals surface area contributed by atoms with E-state index in [1.54, 1.807) is 0 Å². The highest BCUT2D eigenvalue weighted by atomic mass is 14.7. The largest absolute Gasteiger partial charge is 0.325 e. The third-order valence-electron chi connectivity index (χ3n) is 2.48. The molecule has 1 saturated carbocycles. The zero-order valence-electron chi connectivity index (χ0n) is 5.78. The van der Waals surface area contributed by atoms with Gasteiger partial charge in [0.2, 0.25) is 0 Å². The lowest BCUT2D eigenvalue weighted by Crippen LogP contribution is -2.38. The van der Waals surface area contributed by atoms with Crippen LogP contribution in [-0.4, -0.2) is 5.54 Å². The molecule has 0 unspecified atom stereocenters. The fraction of sp³-hybridized carbons (Fsp3) is 1.00. The van der Waals surface area contributed by atoms with Crippen LogP contribution in [0.25, 0.3) is 0 Å². The fourth-order valence-corrected chi connectivity index (χ4v) is 1.37.